The first kappa shape index (κ1) is 12.7. The highest BCUT2D eigenvalue weighted by Gasteiger charge is 2.09. The van der Waals surface area contributed by atoms with Gasteiger partial charge < -0.3 is 5.11 Å². The Kier molecular flexibility index (Phi) is 4.98. The summed E-state index contributed by atoms with van der Waals surface area (Å²) in [6.45, 7) is 6.42. The lowest BCUT2D eigenvalue weighted by molar-refractivity contribution is -0.138. The summed E-state index contributed by atoms with van der Waals surface area (Å²) in [6, 6.07) is 0. The number of aromatic nitrogens is 2. The number of hydrogen-bond donors (Lipinski definition) is 1. The number of carboxylic acids is 1. The highest BCUT2D eigenvalue weighted by atomic mass is 16.4. The van der Waals surface area contributed by atoms with Crippen LogP contribution in [0, 0.1) is 0 Å². The van der Waals surface area contributed by atoms with Crippen molar-refractivity contribution in [2.75, 3.05) is 13.1 Å². The van der Waals surface area contributed by atoms with Gasteiger partial charge in [-0.05, 0) is 13.0 Å². The molecule has 0 aliphatic carbocycles. The van der Waals surface area contributed by atoms with Gasteiger partial charge in [0, 0.05) is 24.8 Å². The minimum atomic E-state index is -0.789. The molecule has 0 saturated carbocycles. The summed E-state index contributed by atoms with van der Waals surface area (Å²) >= 11 is 0. The van der Waals surface area contributed by atoms with Crippen LogP contribution in [-0.2, 0) is 17.9 Å². The van der Waals surface area contributed by atoms with Gasteiger partial charge in [-0.2, -0.15) is 5.10 Å². The van der Waals surface area contributed by atoms with Gasteiger partial charge in [-0.1, -0.05) is 13.8 Å². The number of aliphatic carboxylic acids is 1. The SMILES string of the molecule is CCCn1cc(CN(CC)CC(=O)O)cn1. The maximum atomic E-state index is 10.6. The van der Waals surface area contributed by atoms with Crippen molar-refractivity contribution in [1.82, 2.24) is 14.7 Å². The monoisotopic (exact) mass is 225 g/mol. The smallest absolute Gasteiger partial charge is 0.317 e. The first-order valence-corrected chi connectivity index (χ1v) is 5.61. The van der Waals surface area contributed by atoms with Gasteiger partial charge in [-0.25, -0.2) is 0 Å². The molecule has 0 amide bonds. The third-order valence-electron chi connectivity index (χ3n) is 2.35. The summed E-state index contributed by atoms with van der Waals surface area (Å²) in [6.07, 6.45) is 4.84. The van der Waals surface area contributed by atoms with E-state index < -0.39 is 5.97 Å². The molecule has 1 aromatic heterocycles. The molecule has 0 aromatic carbocycles. The van der Waals surface area contributed by atoms with E-state index in [0.717, 1.165) is 25.1 Å². The Morgan fingerprint density at radius 3 is 2.88 bits per heavy atom. The van der Waals surface area contributed by atoms with E-state index in [4.69, 9.17) is 5.11 Å². The maximum absolute atomic E-state index is 10.6. The van der Waals surface area contributed by atoms with Crippen molar-refractivity contribution in [3.05, 3.63) is 18.0 Å². The molecule has 0 saturated heterocycles. The zero-order valence-corrected chi connectivity index (χ0v) is 9.89. The highest BCUT2D eigenvalue weighted by Crippen LogP contribution is 2.03. The van der Waals surface area contributed by atoms with Crippen molar-refractivity contribution in [3.8, 4) is 0 Å². The van der Waals surface area contributed by atoms with E-state index in [0.29, 0.717) is 6.54 Å². The lowest BCUT2D eigenvalue weighted by Crippen LogP contribution is -2.28. The van der Waals surface area contributed by atoms with Crippen LogP contribution in [0.25, 0.3) is 0 Å². The molecule has 90 valence electrons. The van der Waals surface area contributed by atoms with Crippen LogP contribution in [0.4, 0.5) is 0 Å². The number of carboxylic acid groups (broad SMARTS) is 1. The standard InChI is InChI=1S/C11H19N3O2/c1-3-5-14-8-10(6-12-14)7-13(4-2)9-11(15)16/h6,8H,3-5,7,9H2,1-2H3,(H,15,16). The zero-order valence-electron chi connectivity index (χ0n) is 9.89. The molecule has 1 heterocycles. The van der Waals surface area contributed by atoms with E-state index in [1.54, 1.807) is 6.20 Å². The van der Waals surface area contributed by atoms with Gasteiger partial charge in [0.05, 0.1) is 12.7 Å². The molecular weight excluding hydrogens is 206 g/mol. The molecule has 1 rings (SSSR count). The van der Waals surface area contributed by atoms with Crippen LogP contribution in [0.15, 0.2) is 12.4 Å². The summed E-state index contributed by atoms with van der Waals surface area (Å²) in [5.74, 6) is -0.789. The molecule has 0 radical (unpaired) electrons. The first-order chi connectivity index (χ1) is 7.65. The number of likely N-dealkylation sites (N-methyl/N-ethyl adjacent to an activating group) is 1. The average Bonchev–Trinajstić information content (AvgIpc) is 2.64. The Morgan fingerprint density at radius 1 is 1.56 bits per heavy atom. The third kappa shape index (κ3) is 4.02. The number of hydrogen-bond acceptors (Lipinski definition) is 3. The average molecular weight is 225 g/mol. The summed E-state index contributed by atoms with van der Waals surface area (Å²) < 4.78 is 1.89. The fourth-order valence-corrected chi connectivity index (χ4v) is 1.57. The predicted octanol–water partition coefficient (Wildman–Crippen LogP) is 1.20. The number of aryl methyl sites for hydroxylation is 1. The van der Waals surface area contributed by atoms with Crippen molar-refractivity contribution >= 4 is 5.97 Å². The van der Waals surface area contributed by atoms with E-state index in [9.17, 15) is 4.79 Å². The molecule has 0 fully saturated rings. The van der Waals surface area contributed by atoms with Crippen LogP contribution in [-0.4, -0.2) is 38.8 Å². The number of rotatable bonds is 7. The zero-order chi connectivity index (χ0) is 12.0. The van der Waals surface area contributed by atoms with Crippen molar-refractivity contribution in [2.24, 2.45) is 0 Å². The second-order valence-corrected chi connectivity index (χ2v) is 3.81. The lowest BCUT2D eigenvalue weighted by Gasteiger charge is -2.16. The summed E-state index contributed by atoms with van der Waals surface area (Å²) in [5, 5.41) is 12.9. The molecule has 0 atom stereocenters. The van der Waals surface area contributed by atoms with Crippen LogP contribution >= 0.6 is 0 Å². The van der Waals surface area contributed by atoms with Crippen LogP contribution in [0.3, 0.4) is 0 Å². The maximum Gasteiger partial charge on any atom is 0.317 e. The predicted molar refractivity (Wildman–Crippen MR) is 61.1 cm³/mol. The van der Waals surface area contributed by atoms with Gasteiger partial charge in [0.2, 0.25) is 0 Å². The molecule has 0 spiro atoms. The molecule has 0 aliphatic heterocycles. The largest absolute Gasteiger partial charge is 0.480 e. The van der Waals surface area contributed by atoms with Gasteiger partial charge in [0.25, 0.3) is 0 Å². The van der Waals surface area contributed by atoms with Gasteiger partial charge in [-0.15, -0.1) is 0 Å². The molecule has 16 heavy (non-hydrogen) atoms. The van der Waals surface area contributed by atoms with Crippen molar-refractivity contribution in [2.45, 2.75) is 33.4 Å². The Labute approximate surface area is 95.7 Å². The summed E-state index contributed by atoms with van der Waals surface area (Å²) in [4.78, 5) is 12.5. The second-order valence-electron chi connectivity index (χ2n) is 3.81. The van der Waals surface area contributed by atoms with Gasteiger partial charge in [-0.3, -0.25) is 14.4 Å². The normalized spacial score (nSPS) is 10.9. The molecule has 1 aromatic rings. The molecule has 0 aliphatic rings. The van der Waals surface area contributed by atoms with Crippen LogP contribution in [0.1, 0.15) is 25.8 Å². The Hall–Kier alpha value is -1.36. The molecule has 5 nitrogen and oxygen atoms in total. The second kappa shape index (κ2) is 6.27. The van der Waals surface area contributed by atoms with Crippen LogP contribution in [0.2, 0.25) is 0 Å². The van der Waals surface area contributed by atoms with E-state index in [2.05, 4.69) is 12.0 Å². The van der Waals surface area contributed by atoms with Crippen molar-refractivity contribution < 1.29 is 9.90 Å². The fourth-order valence-electron chi connectivity index (χ4n) is 1.57. The van der Waals surface area contributed by atoms with Gasteiger partial charge in [0.15, 0.2) is 0 Å². The molecular formula is C11H19N3O2. The Bertz CT molecular complexity index is 336. The van der Waals surface area contributed by atoms with Crippen LogP contribution in [0.5, 0.6) is 0 Å². The molecule has 5 heteroatoms. The minimum absolute atomic E-state index is 0.0788. The number of nitrogens with zero attached hydrogens (tertiary/aromatic N) is 3. The van der Waals surface area contributed by atoms with Crippen molar-refractivity contribution in [3.63, 3.8) is 0 Å². The highest BCUT2D eigenvalue weighted by molar-refractivity contribution is 5.69. The molecule has 0 unspecified atom stereocenters. The summed E-state index contributed by atoms with van der Waals surface area (Å²) in [7, 11) is 0. The minimum Gasteiger partial charge on any atom is -0.480 e. The number of carbonyl (C=O) groups is 1. The third-order valence-corrected chi connectivity index (χ3v) is 2.35. The topological polar surface area (TPSA) is 58.4 Å². The van der Waals surface area contributed by atoms with Crippen molar-refractivity contribution in [1.29, 1.82) is 0 Å². The first-order valence-electron chi connectivity index (χ1n) is 5.61. The molecule has 1 N–H and O–H groups in total. The fraction of sp³-hybridized carbons (Fsp3) is 0.636. The lowest BCUT2D eigenvalue weighted by atomic mass is 10.3. The van der Waals surface area contributed by atoms with E-state index in [-0.39, 0.29) is 6.54 Å². The van der Waals surface area contributed by atoms with Gasteiger partial charge >= 0.3 is 5.97 Å². The molecule has 0 bridgehead atoms. The summed E-state index contributed by atoms with van der Waals surface area (Å²) in [5.41, 5.74) is 1.07. The van der Waals surface area contributed by atoms with Gasteiger partial charge in [0.1, 0.15) is 0 Å². The van der Waals surface area contributed by atoms with E-state index in [1.165, 1.54) is 0 Å². The Morgan fingerprint density at radius 2 is 2.31 bits per heavy atom. The Balaban J connectivity index is 2.52. The van der Waals surface area contributed by atoms with E-state index in [1.807, 2.05) is 22.7 Å². The van der Waals surface area contributed by atoms with Crippen LogP contribution < -0.4 is 0 Å². The van der Waals surface area contributed by atoms with E-state index >= 15 is 0 Å². The quantitative estimate of drug-likeness (QED) is 0.757.